The number of methoxy groups -OCH3 is 2. The van der Waals surface area contributed by atoms with Gasteiger partial charge in [-0.15, -0.1) is 0 Å². The fourth-order valence-corrected chi connectivity index (χ4v) is 15.9. The molecule has 4 aromatic rings. The minimum atomic E-state index is -0.396. The number of carbonyl (C=O) groups excluding carboxylic acids is 3. The Labute approximate surface area is 417 Å². The van der Waals surface area contributed by atoms with Gasteiger partial charge in [0.25, 0.3) is 0 Å². The molecule has 8 nitrogen and oxygen atoms in total. The van der Waals surface area contributed by atoms with Gasteiger partial charge in [0.1, 0.15) is 11.5 Å². The van der Waals surface area contributed by atoms with E-state index in [1.807, 2.05) is 53.5 Å². The Morgan fingerprint density at radius 1 is 0.629 bits per heavy atom. The number of hydrogen-bond acceptors (Lipinski definition) is 5. The topological polar surface area (TPSA) is 88.2 Å². The number of allylic oxidation sites excluding steroid dienone is 2. The van der Waals surface area contributed by atoms with E-state index in [4.69, 9.17) is 9.47 Å². The smallest absolute Gasteiger partial charge is 0.246 e. The standard InChI is InChI=1S/C62H77N3O5/c1-57(2)28-30-62(56(68)65-34-32-64(33-35-65)55(67)23-13-42-11-15-46-39-48(70-9)19-17-44(46)37-42)31-29-60(6)49(50(62)40-57)20-21-52-59(5)26-25-53(58(3,4)51(59)24-27-61(52,60)7)63-54(66)22-12-41-10-14-45-38-47(69-8)18-16-43(45)36-41/h10-20,22-23,36-39,50-53H,21,24-35,40H2,1-9H3,(H,63,66)/b22-12+,23-13+/t50-,51-,52+,53-,59-,60+,61+,62-/m0/s1. The van der Waals surface area contributed by atoms with Gasteiger partial charge in [-0.1, -0.05) is 96.5 Å². The molecule has 8 heteroatoms. The summed E-state index contributed by atoms with van der Waals surface area (Å²) < 4.78 is 10.8. The Morgan fingerprint density at radius 2 is 1.20 bits per heavy atom. The van der Waals surface area contributed by atoms with Crippen molar-refractivity contribution in [3.63, 3.8) is 0 Å². The summed E-state index contributed by atoms with van der Waals surface area (Å²) in [5.74, 6) is 3.22. The van der Waals surface area contributed by atoms with Crippen molar-refractivity contribution < 1.29 is 23.9 Å². The minimum absolute atomic E-state index is 0.00152. The van der Waals surface area contributed by atoms with Crippen molar-refractivity contribution in [1.29, 1.82) is 0 Å². The summed E-state index contributed by atoms with van der Waals surface area (Å²) in [5.41, 5.74) is 3.53. The molecule has 5 aliphatic carbocycles. The van der Waals surface area contributed by atoms with Gasteiger partial charge in [-0.05, 0) is 190 Å². The molecule has 370 valence electrons. The highest BCUT2D eigenvalue weighted by atomic mass is 16.5. The monoisotopic (exact) mass is 944 g/mol. The Balaban J connectivity index is 0.823. The van der Waals surface area contributed by atoms with E-state index in [0.717, 1.165) is 102 Å². The maximum Gasteiger partial charge on any atom is 0.246 e. The summed E-state index contributed by atoms with van der Waals surface area (Å²) in [5, 5.41) is 7.94. The number of rotatable bonds is 8. The molecule has 0 bridgehead atoms. The van der Waals surface area contributed by atoms with Gasteiger partial charge in [-0.25, -0.2) is 0 Å². The predicted octanol–water partition coefficient (Wildman–Crippen LogP) is 12.7. The maximum absolute atomic E-state index is 15.3. The lowest BCUT2D eigenvalue weighted by Gasteiger charge is -2.71. The van der Waals surface area contributed by atoms with E-state index in [9.17, 15) is 9.59 Å². The Bertz CT molecular complexity index is 2810. The molecule has 70 heavy (non-hydrogen) atoms. The third kappa shape index (κ3) is 8.08. The van der Waals surface area contributed by atoms with E-state index in [0.29, 0.717) is 43.9 Å². The summed E-state index contributed by atoms with van der Waals surface area (Å²) >= 11 is 0. The molecule has 0 unspecified atom stereocenters. The van der Waals surface area contributed by atoms with Crippen molar-refractivity contribution in [3.05, 3.63) is 108 Å². The molecule has 5 fully saturated rings. The van der Waals surface area contributed by atoms with Crippen LogP contribution < -0.4 is 14.8 Å². The molecule has 0 spiro atoms. The van der Waals surface area contributed by atoms with Gasteiger partial charge in [-0.2, -0.15) is 0 Å². The highest BCUT2D eigenvalue weighted by Crippen LogP contribution is 2.76. The molecule has 4 saturated carbocycles. The lowest BCUT2D eigenvalue weighted by atomic mass is 9.33. The number of ether oxygens (including phenoxy) is 2. The summed E-state index contributed by atoms with van der Waals surface area (Å²) in [6, 6.07) is 24.7. The number of piperazine rings is 1. The molecule has 1 heterocycles. The van der Waals surface area contributed by atoms with Crippen LogP contribution in [0.3, 0.4) is 0 Å². The van der Waals surface area contributed by atoms with Crippen LogP contribution in [0.25, 0.3) is 33.7 Å². The summed E-state index contributed by atoms with van der Waals surface area (Å²) in [6.07, 6.45) is 20.4. The number of carbonyl (C=O) groups is 3. The van der Waals surface area contributed by atoms with Crippen LogP contribution in [-0.4, -0.2) is 74.0 Å². The highest BCUT2D eigenvalue weighted by Gasteiger charge is 2.69. The molecule has 8 atom stereocenters. The van der Waals surface area contributed by atoms with Gasteiger partial charge in [-0.3, -0.25) is 14.4 Å². The van der Waals surface area contributed by atoms with Crippen LogP contribution in [0.1, 0.15) is 124 Å². The Morgan fingerprint density at radius 3 is 1.83 bits per heavy atom. The SMILES string of the molecule is COc1ccc2cc(/C=C/C(=O)N[C@H]3CC[C@]4(C)[C@H]5CC=C6[C@@H]7CC(C)(C)CC[C@]7(C(=O)N7CCN(C(=O)/C=C/c8ccc9cc(OC)ccc9c8)CC7)CC[C@@]6(C)[C@]5(C)CC[C@H]4C3(C)C)ccc2c1. The van der Waals surface area contributed by atoms with Gasteiger partial charge in [0.15, 0.2) is 0 Å². The first kappa shape index (κ1) is 48.3. The molecule has 10 rings (SSSR count). The first-order chi connectivity index (χ1) is 33.3. The van der Waals surface area contributed by atoms with Crippen molar-refractivity contribution in [3.8, 4) is 11.5 Å². The molecule has 1 aliphatic heterocycles. The Hall–Kier alpha value is -5.37. The van der Waals surface area contributed by atoms with Crippen LogP contribution in [0.15, 0.2) is 96.6 Å². The van der Waals surface area contributed by atoms with Crippen LogP contribution in [0.2, 0.25) is 0 Å². The lowest BCUT2D eigenvalue weighted by molar-refractivity contribution is -0.190. The second-order valence-electron chi connectivity index (χ2n) is 24.5. The zero-order valence-corrected chi connectivity index (χ0v) is 43.5. The fourth-order valence-electron chi connectivity index (χ4n) is 15.9. The molecule has 0 aromatic heterocycles. The molecule has 3 amide bonds. The minimum Gasteiger partial charge on any atom is -0.497 e. The molecule has 4 aromatic carbocycles. The fraction of sp³-hybridized carbons (Fsp3) is 0.532. The number of hydrogen-bond donors (Lipinski definition) is 1. The highest BCUT2D eigenvalue weighted by molar-refractivity contribution is 5.94. The second kappa shape index (κ2) is 17.7. The van der Waals surface area contributed by atoms with Gasteiger partial charge in [0.05, 0.1) is 19.6 Å². The van der Waals surface area contributed by atoms with Gasteiger partial charge in [0, 0.05) is 44.4 Å². The number of nitrogens with zero attached hydrogens (tertiary/aromatic N) is 2. The second-order valence-corrected chi connectivity index (χ2v) is 24.5. The average molecular weight is 944 g/mol. The summed E-state index contributed by atoms with van der Waals surface area (Å²) in [6.45, 7) is 19.8. The summed E-state index contributed by atoms with van der Waals surface area (Å²) in [4.78, 5) is 46.6. The van der Waals surface area contributed by atoms with Crippen LogP contribution in [0.4, 0.5) is 0 Å². The third-order valence-electron chi connectivity index (χ3n) is 20.3. The van der Waals surface area contributed by atoms with Crippen molar-refractivity contribution in [2.75, 3.05) is 40.4 Å². The van der Waals surface area contributed by atoms with Crippen LogP contribution in [-0.2, 0) is 14.4 Å². The molecule has 6 aliphatic rings. The zero-order valence-electron chi connectivity index (χ0n) is 43.5. The molecular formula is C62H77N3O5. The van der Waals surface area contributed by atoms with Crippen molar-refractivity contribution in [1.82, 2.24) is 15.1 Å². The van der Waals surface area contributed by atoms with Gasteiger partial charge >= 0.3 is 0 Å². The quantitative estimate of drug-likeness (QED) is 0.140. The molecular weight excluding hydrogens is 867 g/mol. The number of fused-ring (bicyclic) bond motifs is 9. The number of benzene rings is 4. The molecule has 1 saturated heterocycles. The Kier molecular flexibility index (Phi) is 12.2. The third-order valence-corrected chi connectivity index (χ3v) is 20.3. The van der Waals surface area contributed by atoms with Crippen molar-refractivity contribution in [2.45, 2.75) is 119 Å². The average Bonchev–Trinajstić information content (AvgIpc) is 3.35. The van der Waals surface area contributed by atoms with E-state index in [1.165, 1.54) is 6.42 Å². The van der Waals surface area contributed by atoms with Crippen molar-refractivity contribution in [2.24, 2.45) is 50.2 Å². The van der Waals surface area contributed by atoms with Crippen molar-refractivity contribution >= 4 is 51.4 Å². The largest absolute Gasteiger partial charge is 0.497 e. The van der Waals surface area contributed by atoms with Gasteiger partial charge < -0.3 is 24.6 Å². The van der Waals surface area contributed by atoms with Gasteiger partial charge in [0.2, 0.25) is 17.7 Å². The van der Waals surface area contributed by atoms with E-state index >= 15 is 4.79 Å². The van der Waals surface area contributed by atoms with Crippen LogP contribution >= 0.6 is 0 Å². The molecule has 1 N–H and O–H groups in total. The predicted molar refractivity (Wildman–Crippen MR) is 283 cm³/mol. The van der Waals surface area contributed by atoms with E-state index in [2.05, 4.69) is 101 Å². The zero-order chi connectivity index (χ0) is 49.4. The summed E-state index contributed by atoms with van der Waals surface area (Å²) in [7, 11) is 3.36. The normalized spacial score (nSPS) is 32.4. The van der Waals surface area contributed by atoms with E-state index in [-0.39, 0.29) is 50.8 Å². The lowest BCUT2D eigenvalue weighted by Crippen LogP contribution is -2.67. The van der Waals surface area contributed by atoms with Crippen LogP contribution in [0.5, 0.6) is 11.5 Å². The van der Waals surface area contributed by atoms with E-state index < -0.39 is 5.41 Å². The molecule has 0 radical (unpaired) electrons. The van der Waals surface area contributed by atoms with Crippen LogP contribution in [0, 0.1) is 50.2 Å². The first-order valence-electron chi connectivity index (χ1n) is 26.4. The van der Waals surface area contributed by atoms with E-state index in [1.54, 1.807) is 31.9 Å². The number of amides is 3. The maximum atomic E-state index is 15.3. The first-order valence-corrected chi connectivity index (χ1v) is 26.4. The number of nitrogens with one attached hydrogen (secondary N) is 1.